The Morgan fingerprint density at radius 1 is 1.32 bits per heavy atom. The predicted octanol–water partition coefficient (Wildman–Crippen LogP) is 1.00. The van der Waals surface area contributed by atoms with E-state index in [1.54, 1.807) is 37.6 Å². The van der Waals surface area contributed by atoms with Gasteiger partial charge in [0.2, 0.25) is 0 Å². The molecule has 0 saturated heterocycles. The Bertz CT molecular complexity index is 609. The topological polar surface area (TPSA) is 101 Å². The summed E-state index contributed by atoms with van der Waals surface area (Å²) in [5.41, 5.74) is 0. The highest BCUT2D eigenvalue weighted by Gasteiger charge is 2.05. The van der Waals surface area contributed by atoms with Crippen LogP contribution in [0.1, 0.15) is 0 Å². The van der Waals surface area contributed by atoms with Crippen molar-refractivity contribution in [2.45, 2.75) is 4.90 Å². The fourth-order valence-corrected chi connectivity index (χ4v) is 1.60. The molecule has 2 N–H and O–H groups in total. The third kappa shape index (κ3) is 4.90. The zero-order valence-corrected chi connectivity index (χ0v) is 10.9. The van der Waals surface area contributed by atoms with Crippen LogP contribution >= 0.6 is 0 Å². The van der Waals surface area contributed by atoms with Gasteiger partial charge in [-0.15, -0.1) is 0 Å². The highest BCUT2D eigenvalue weighted by molar-refractivity contribution is 7.85. The third-order valence-corrected chi connectivity index (χ3v) is 2.86. The summed E-state index contributed by atoms with van der Waals surface area (Å²) in [7, 11) is -2.43. The van der Waals surface area contributed by atoms with E-state index >= 15 is 0 Å². The Morgan fingerprint density at radius 3 is 2.32 bits per heavy atom. The number of nitrogens with zero attached hydrogens (tertiary/aromatic N) is 2. The molecule has 1 aromatic heterocycles. The molecule has 0 aliphatic heterocycles. The van der Waals surface area contributed by atoms with Crippen LogP contribution in [0.4, 0.5) is 4.79 Å². The summed E-state index contributed by atoms with van der Waals surface area (Å²) in [4.78, 5) is 14.3. The zero-order chi connectivity index (χ0) is 14.3. The van der Waals surface area contributed by atoms with Gasteiger partial charge in [-0.2, -0.15) is 8.42 Å². The molecule has 0 spiro atoms. The number of rotatable bonds is 1. The summed E-state index contributed by atoms with van der Waals surface area (Å²) >= 11 is 0. The van der Waals surface area contributed by atoms with Crippen molar-refractivity contribution in [1.82, 2.24) is 14.9 Å². The van der Waals surface area contributed by atoms with Crippen LogP contribution < -0.4 is 5.32 Å². The monoisotopic (exact) mass is 283 g/mol. The van der Waals surface area contributed by atoms with Gasteiger partial charge >= 0.3 is 6.03 Å². The van der Waals surface area contributed by atoms with E-state index in [0.29, 0.717) is 0 Å². The first-order valence-corrected chi connectivity index (χ1v) is 6.61. The Kier molecular flexibility index (Phi) is 5.22. The minimum atomic E-state index is -4.00. The molecule has 2 aromatic rings. The highest BCUT2D eigenvalue weighted by atomic mass is 32.2. The molecule has 0 aliphatic carbocycles. The number of nitrogens with one attached hydrogen (secondary N) is 1. The van der Waals surface area contributed by atoms with Gasteiger partial charge in [-0.3, -0.25) is 9.12 Å². The standard InChI is InChI=1S/C6H6O3S.C5H7N3O/c7-10(8,9)6-4-2-1-3-5-6;1-6-5(9)8-3-2-7-4-8/h1-5H,(H,7,8,9);2-4H,1H3,(H,6,9). The van der Waals surface area contributed by atoms with Gasteiger partial charge in [-0.05, 0) is 12.1 Å². The van der Waals surface area contributed by atoms with Gasteiger partial charge in [0.1, 0.15) is 6.33 Å². The number of hydrogen-bond donors (Lipinski definition) is 2. The largest absolute Gasteiger partial charge is 0.340 e. The molecule has 1 amide bonds. The molecule has 0 atom stereocenters. The predicted molar refractivity (Wildman–Crippen MR) is 68.3 cm³/mol. The maximum Gasteiger partial charge on any atom is 0.326 e. The first-order valence-electron chi connectivity index (χ1n) is 5.17. The first kappa shape index (κ1) is 14.9. The van der Waals surface area contributed by atoms with Crippen LogP contribution in [-0.2, 0) is 10.1 Å². The zero-order valence-electron chi connectivity index (χ0n) is 10.1. The fourth-order valence-electron chi connectivity index (χ4n) is 1.10. The maximum absolute atomic E-state index is 10.7. The Labute approximate surface area is 110 Å². The van der Waals surface area contributed by atoms with Crippen molar-refractivity contribution in [2.24, 2.45) is 0 Å². The lowest BCUT2D eigenvalue weighted by Gasteiger charge is -1.95. The quantitative estimate of drug-likeness (QED) is 0.760. The van der Waals surface area contributed by atoms with E-state index in [4.69, 9.17) is 4.55 Å². The average molecular weight is 283 g/mol. The van der Waals surface area contributed by atoms with Crippen LogP contribution in [0.5, 0.6) is 0 Å². The third-order valence-electron chi connectivity index (χ3n) is 1.99. The molecule has 0 saturated carbocycles. The molecule has 0 aliphatic rings. The Hall–Kier alpha value is -2.19. The Morgan fingerprint density at radius 2 is 1.95 bits per heavy atom. The summed E-state index contributed by atoms with van der Waals surface area (Å²) in [6.07, 6.45) is 4.58. The van der Waals surface area contributed by atoms with E-state index in [9.17, 15) is 13.2 Å². The van der Waals surface area contributed by atoms with Gasteiger partial charge in [-0.1, -0.05) is 18.2 Å². The van der Waals surface area contributed by atoms with Gasteiger partial charge in [-0.25, -0.2) is 9.78 Å². The highest BCUT2D eigenvalue weighted by Crippen LogP contribution is 2.05. The van der Waals surface area contributed by atoms with E-state index in [2.05, 4.69) is 10.3 Å². The van der Waals surface area contributed by atoms with Crippen molar-refractivity contribution in [1.29, 1.82) is 0 Å². The number of benzene rings is 1. The molecule has 0 bridgehead atoms. The van der Waals surface area contributed by atoms with Crippen LogP contribution in [-0.4, -0.2) is 35.6 Å². The molecule has 1 aromatic carbocycles. The van der Waals surface area contributed by atoms with Gasteiger partial charge in [0.05, 0.1) is 4.90 Å². The second-order valence-corrected chi connectivity index (χ2v) is 4.73. The molecule has 0 unspecified atom stereocenters. The molecular formula is C11H13N3O4S. The van der Waals surface area contributed by atoms with Crippen LogP contribution in [0, 0.1) is 0 Å². The lowest BCUT2D eigenvalue weighted by Crippen LogP contribution is -2.22. The molecule has 8 heteroatoms. The van der Waals surface area contributed by atoms with Gasteiger partial charge in [0.25, 0.3) is 10.1 Å². The minimum Gasteiger partial charge on any atom is -0.340 e. The van der Waals surface area contributed by atoms with Crippen molar-refractivity contribution < 1.29 is 17.8 Å². The normalized spacial score (nSPS) is 10.2. The Balaban J connectivity index is 0.000000191. The van der Waals surface area contributed by atoms with Crippen molar-refractivity contribution in [2.75, 3.05) is 7.05 Å². The summed E-state index contributed by atoms with van der Waals surface area (Å²) in [6.45, 7) is 0. The number of carbonyl (C=O) groups is 1. The smallest absolute Gasteiger partial charge is 0.326 e. The van der Waals surface area contributed by atoms with Gasteiger partial charge in [0, 0.05) is 19.4 Å². The van der Waals surface area contributed by atoms with Gasteiger partial charge < -0.3 is 5.32 Å². The molecular weight excluding hydrogens is 270 g/mol. The second kappa shape index (κ2) is 6.66. The maximum atomic E-state index is 10.7. The van der Waals surface area contributed by atoms with E-state index < -0.39 is 10.1 Å². The molecule has 0 fully saturated rings. The summed E-state index contributed by atoms with van der Waals surface area (Å²) in [6, 6.07) is 7.25. The lowest BCUT2D eigenvalue weighted by molar-refractivity contribution is 0.244. The van der Waals surface area contributed by atoms with Crippen molar-refractivity contribution >= 4 is 16.1 Å². The number of hydrogen-bond acceptors (Lipinski definition) is 4. The molecule has 0 radical (unpaired) electrons. The molecule has 1 heterocycles. The van der Waals surface area contributed by atoms with Crippen molar-refractivity contribution in [3.8, 4) is 0 Å². The summed E-state index contributed by atoms with van der Waals surface area (Å²) < 4.78 is 30.6. The average Bonchev–Trinajstić information content (AvgIpc) is 2.92. The van der Waals surface area contributed by atoms with Crippen LogP contribution in [0.2, 0.25) is 0 Å². The van der Waals surface area contributed by atoms with E-state index in [1.165, 1.54) is 23.0 Å². The van der Waals surface area contributed by atoms with Crippen LogP contribution in [0.3, 0.4) is 0 Å². The molecule has 102 valence electrons. The fraction of sp³-hybridized carbons (Fsp3) is 0.0909. The van der Waals surface area contributed by atoms with Crippen molar-refractivity contribution in [3.05, 3.63) is 49.1 Å². The lowest BCUT2D eigenvalue weighted by atomic mass is 10.4. The number of carbonyl (C=O) groups excluding carboxylic acids is 1. The molecule has 2 rings (SSSR count). The van der Waals surface area contributed by atoms with E-state index in [1.807, 2.05) is 0 Å². The van der Waals surface area contributed by atoms with E-state index in [0.717, 1.165) is 0 Å². The number of amides is 1. The number of imidazole rings is 1. The van der Waals surface area contributed by atoms with E-state index in [-0.39, 0.29) is 10.9 Å². The minimum absolute atomic E-state index is 0.0741. The second-order valence-electron chi connectivity index (χ2n) is 3.31. The van der Waals surface area contributed by atoms with Crippen LogP contribution in [0.25, 0.3) is 0 Å². The van der Waals surface area contributed by atoms with Crippen molar-refractivity contribution in [3.63, 3.8) is 0 Å². The van der Waals surface area contributed by atoms with Crippen LogP contribution in [0.15, 0.2) is 53.9 Å². The summed E-state index contributed by atoms with van der Waals surface area (Å²) in [5.74, 6) is 0. The SMILES string of the molecule is CNC(=O)n1ccnc1.O=S(=O)(O)c1ccccc1. The molecule has 7 nitrogen and oxygen atoms in total. The number of aromatic nitrogens is 2. The summed E-state index contributed by atoms with van der Waals surface area (Å²) in [5, 5.41) is 2.45. The molecule has 19 heavy (non-hydrogen) atoms. The first-order chi connectivity index (χ1) is 8.95. The van der Waals surface area contributed by atoms with Gasteiger partial charge in [0.15, 0.2) is 0 Å².